The molecule has 5 rings (SSSR count). The largest absolute Gasteiger partial charge is 0.352 e. The summed E-state index contributed by atoms with van der Waals surface area (Å²) < 4.78 is 28.9. The maximum atomic E-state index is 15.7. The molecule has 0 bridgehead atoms. The van der Waals surface area contributed by atoms with Crippen molar-refractivity contribution >= 4 is 33.4 Å². The average molecular weight is 445 g/mol. The zero-order valence-corrected chi connectivity index (χ0v) is 18.1. The van der Waals surface area contributed by atoms with E-state index in [-0.39, 0.29) is 11.2 Å². The molecule has 0 unspecified atom stereocenters. The Morgan fingerprint density at radius 2 is 1.76 bits per heavy atom. The highest BCUT2D eigenvalue weighted by atomic mass is 19.1. The summed E-state index contributed by atoms with van der Waals surface area (Å²) in [6, 6.07) is 11.7. The third kappa shape index (κ3) is 3.57. The van der Waals surface area contributed by atoms with E-state index in [1.807, 2.05) is 48.2 Å². The number of anilines is 1. The second-order valence-corrected chi connectivity index (χ2v) is 8.04. The van der Waals surface area contributed by atoms with Gasteiger partial charge in [-0.3, -0.25) is 9.78 Å². The molecule has 0 N–H and O–H groups in total. The van der Waals surface area contributed by atoms with Gasteiger partial charge < -0.3 is 9.80 Å². The summed E-state index contributed by atoms with van der Waals surface area (Å²) >= 11 is 0. The Kier molecular flexibility index (Phi) is 5.20. The number of aromatic nitrogens is 3. The number of hydrogen-bond acceptors (Lipinski definition) is 5. The summed E-state index contributed by atoms with van der Waals surface area (Å²) in [4.78, 5) is 28.2. The maximum Gasteiger partial charge on any atom is 0.282 e. The van der Waals surface area contributed by atoms with Crippen LogP contribution < -0.4 is 4.90 Å². The molecule has 8 heteroatoms. The van der Waals surface area contributed by atoms with Gasteiger partial charge >= 0.3 is 0 Å². The number of piperazine rings is 1. The van der Waals surface area contributed by atoms with Gasteiger partial charge in [0.1, 0.15) is 23.4 Å². The highest BCUT2D eigenvalue weighted by molar-refractivity contribution is 6.00. The Bertz CT molecular complexity index is 1410. The number of carbonyl (C=O) groups is 1. The molecule has 0 saturated carbocycles. The van der Waals surface area contributed by atoms with Crippen molar-refractivity contribution in [1.29, 1.82) is 0 Å². The van der Waals surface area contributed by atoms with E-state index in [2.05, 4.69) is 21.5 Å². The summed E-state index contributed by atoms with van der Waals surface area (Å²) in [5.41, 5.74) is 2.18. The number of benzene rings is 2. The molecular formula is C25H21F2N5O. The van der Waals surface area contributed by atoms with Crippen molar-refractivity contribution in [1.82, 2.24) is 19.9 Å². The molecule has 1 aliphatic heterocycles. The zero-order valence-electron chi connectivity index (χ0n) is 18.1. The first-order chi connectivity index (χ1) is 16.0. The second-order valence-electron chi connectivity index (χ2n) is 8.04. The van der Waals surface area contributed by atoms with Crippen molar-refractivity contribution in [3.05, 3.63) is 72.7 Å². The first-order valence-corrected chi connectivity index (χ1v) is 10.6. The molecule has 0 radical (unpaired) electrons. The SMILES string of the molecule is C=C(F)C(=O)N1CCN(c2ncnc3c(F)c(-c4cccc5cccc(C)c45)ncc23)CC1. The number of hydrogen-bond donors (Lipinski definition) is 0. The third-order valence-corrected chi connectivity index (χ3v) is 6.07. The molecule has 1 amide bonds. The number of aryl methyl sites for hydroxylation is 1. The Morgan fingerprint density at radius 1 is 1.03 bits per heavy atom. The number of rotatable bonds is 3. The van der Waals surface area contributed by atoms with Crippen molar-refractivity contribution in [2.24, 2.45) is 0 Å². The average Bonchev–Trinajstić information content (AvgIpc) is 2.83. The molecule has 1 aliphatic rings. The Morgan fingerprint density at radius 3 is 2.48 bits per heavy atom. The highest BCUT2D eigenvalue weighted by Crippen LogP contribution is 2.34. The standard InChI is InChI=1S/C25H21F2N5O/c1-15-5-3-6-17-7-4-8-18(20(15)17)22-21(27)23-19(13-28-22)24(30-14-29-23)31-9-11-32(12-10-31)25(33)16(2)26/h3-8,13-14H,2,9-12H2,1H3. The van der Waals surface area contributed by atoms with Crippen molar-refractivity contribution in [3.8, 4) is 11.3 Å². The molecule has 3 heterocycles. The predicted octanol–water partition coefficient (Wildman–Crippen LogP) is 4.42. The third-order valence-electron chi connectivity index (χ3n) is 6.07. The molecule has 0 atom stereocenters. The molecule has 0 aliphatic carbocycles. The summed E-state index contributed by atoms with van der Waals surface area (Å²) in [5, 5.41) is 2.46. The molecular weight excluding hydrogens is 424 g/mol. The van der Waals surface area contributed by atoms with Gasteiger partial charge in [-0.15, -0.1) is 0 Å². The smallest absolute Gasteiger partial charge is 0.282 e. The number of nitrogens with zero attached hydrogens (tertiary/aromatic N) is 5. The lowest BCUT2D eigenvalue weighted by Gasteiger charge is -2.35. The lowest BCUT2D eigenvalue weighted by atomic mass is 9.97. The minimum atomic E-state index is -0.974. The van der Waals surface area contributed by atoms with E-state index in [1.165, 1.54) is 11.2 Å². The van der Waals surface area contributed by atoms with Crippen LogP contribution in [0.3, 0.4) is 0 Å². The second kappa shape index (κ2) is 8.20. The predicted molar refractivity (Wildman–Crippen MR) is 124 cm³/mol. The number of carbonyl (C=O) groups excluding carboxylic acids is 1. The molecule has 2 aromatic heterocycles. The van der Waals surface area contributed by atoms with Crippen LogP contribution in [0.1, 0.15) is 5.56 Å². The van der Waals surface area contributed by atoms with Crippen molar-refractivity contribution in [2.45, 2.75) is 6.92 Å². The van der Waals surface area contributed by atoms with Gasteiger partial charge in [0, 0.05) is 37.9 Å². The normalized spacial score (nSPS) is 14.2. The van der Waals surface area contributed by atoms with Crippen LogP contribution in [0.2, 0.25) is 0 Å². The van der Waals surface area contributed by atoms with Gasteiger partial charge in [0.25, 0.3) is 5.91 Å². The number of amides is 1. The van der Waals surface area contributed by atoms with Crippen molar-refractivity contribution < 1.29 is 13.6 Å². The molecule has 1 saturated heterocycles. The zero-order chi connectivity index (χ0) is 23.1. The van der Waals surface area contributed by atoms with E-state index in [0.717, 1.165) is 16.3 Å². The topological polar surface area (TPSA) is 62.2 Å². The van der Waals surface area contributed by atoms with E-state index in [4.69, 9.17) is 0 Å². The summed E-state index contributed by atoms with van der Waals surface area (Å²) in [6.45, 7) is 6.55. The fraction of sp³-hybridized carbons (Fsp3) is 0.200. The first kappa shape index (κ1) is 20.9. The summed E-state index contributed by atoms with van der Waals surface area (Å²) in [7, 11) is 0. The molecule has 33 heavy (non-hydrogen) atoms. The van der Waals surface area contributed by atoms with Gasteiger partial charge in [0.15, 0.2) is 11.6 Å². The van der Waals surface area contributed by atoms with E-state index in [9.17, 15) is 9.18 Å². The van der Waals surface area contributed by atoms with E-state index in [1.54, 1.807) is 6.20 Å². The van der Waals surface area contributed by atoms with Crippen molar-refractivity contribution in [3.63, 3.8) is 0 Å². The molecule has 1 fully saturated rings. The van der Waals surface area contributed by atoms with Gasteiger partial charge in [-0.05, 0) is 23.3 Å². The van der Waals surface area contributed by atoms with E-state index >= 15 is 4.39 Å². The van der Waals surface area contributed by atoms with Crippen LogP contribution in [0.5, 0.6) is 0 Å². The number of fused-ring (bicyclic) bond motifs is 2. The maximum absolute atomic E-state index is 15.7. The molecule has 0 spiro atoms. The minimum absolute atomic E-state index is 0.186. The van der Waals surface area contributed by atoms with E-state index in [0.29, 0.717) is 42.9 Å². The van der Waals surface area contributed by atoms with Crippen LogP contribution in [0.15, 0.2) is 61.3 Å². The summed E-state index contributed by atoms with van der Waals surface area (Å²) in [6.07, 6.45) is 2.93. The van der Waals surface area contributed by atoms with Crippen LogP contribution in [0.25, 0.3) is 32.9 Å². The van der Waals surface area contributed by atoms with Gasteiger partial charge in [-0.1, -0.05) is 43.0 Å². The minimum Gasteiger partial charge on any atom is -0.352 e. The van der Waals surface area contributed by atoms with Crippen LogP contribution in [-0.4, -0.2) is 51.9 Å². The van der Waals surface area contributed by atoms with Crippen LogP contribution in [0.4, 0.5) is 14.6 Å². The lowest BCUT2D eigenvalue weighted by Crippen LogP contribution is -2.49. The van der Waals surface area contributed by atoms with Gasteiger partial charge in [0.2, 0.25) is 0 Å². The van der Waals surface area contributed by atoms with Crippen LogP contribution in [-0.2, 0) is 4.79 Å². The Hall–Kier alpha value is -3.94. The summed E-state index contributed by atoms with van der Waals surface area (Å²) in [5.74, 6) is -1.64. The Balaban J connectivity index is 1.54. The Labute approximate surface area is 189 Å². The fourth-order valence-electron chi connectivity index (χ4n) is 4.44. The molecule has 4 aromatic rings. The van der Waals surface area contributed by atoms with Gasteiger partial charge in [-0.2, -0.15) is 0 Å². The lowest BCUT2D eigenvalue weighted by molar-refractivity contribution is -0.128. The molecule has 6 nitrogen and oxygen atoms in total. The quantitative estimate of drug-likeness (QED) is 0.437. The fourth-order valence-corrected chi connectivity index (χ4v) is 4.44. The van der Waals surface area contributed by atoms with E-state index < -0.39 is 17.6 Å². The van der Waals surface area contributed by atoms with Gasteiger partial charge in [0.05, 0.1) is 5.39 Å². The monoisotopic (exact) mass is 445 g/mol. The highest BCUT2D eigenvalue weighted by Gasteiger charge is 2.26. The van der Waals surface area contributed by atoms with Crippen molar-refractivity contribution in [2.75, 3.05) is 31.1 Å². The molecule has 2 aromatic carbocycles. The van der Waals surface area contributed by atoms with Crippen LogP contribution in [0, 0.1) is 12.7 Å². The number of halogens is 2. The first-order valence-electron chi connectivity index (χ1n) is 10.6. The van der Waals surface area contributed by atoms with Gasteiger partial charge in [-0.25, -0.2) is 18.7 Å². The molecule has 166 valence electrons. The number of pyridine rings is 1. The van der Waals surface area contributed by atoms with Crippen LogP contribution >= 0.6 is 0 Å².